The van der Waals surface area contributed by atoms with Crippen molar-refractivity contribution >= 4 is 23.3 Å². The summed E-state index contributed by atoms with van der Waals surface area (Å²) >= 11 is 0. The number of alkyl halides is 3. The minimum Gasteiger partial charge on any atom is -0.426 e. The van der Waals surface area contributed by atoms with Crippen molar-refractivity contribution in [2.24, 2.45) is 0 Å². The van der Waals surface area contributed by atoms with Crippen LogP contribution < -0.4 is 19.7 Å². The number of nitrogens with one attached hydrogen (secondary N) is 1. The number of hydrogen-bond acceptors (Lipinski definition) is 6. The van der Waals surface area contributed by atoms with Gasteiger partial charge in [0.25, 0.3) is 0 Å². The number of rotatable bonds is 5. The lowest BCUT2D eigenvalue weighted by Gasteiger charge is -2.41. The predicted octanol–water partition coefficient (Wildman–Crippen LogP) is 3.20. The van der Waals surface area contributed by atoms with E-state index in [1.54, 1.807) is 35.2 Å². The number of carbonyl (C=O) groups excluding carboxylic acids is 2. The molecule has 0 aliphatic carbocycles. The van der Waals surface area contributed by atoms with E-state index < -0.39 is 6.36 Å². The Hall–Kier alpha value is -3.43. The van der Waals surface area contributed by atoms with E-state index in [0.29, 0.717) is 31.1 Å². The van der Waals surface area contributed by atoms with Crippen LogP contribution in [0.3, 0.4) is 0 Å². The van der Waals surface area contributed by atoms with Gasteiger partial charge in [0, 0.05) is 48.7 Å². The summed E-state index contributed by atoms with van der Waals surface area (Å²) < 4.78 is 46.0. The molecule has 2 aliphatic heterocycles. The molecule has 0 spiro atoms. The molecule has 1 fully saturated rings. The summed E-state index contributed by atoms with van der Waals surface area (Å²) in [5, 5.41) is 3.07. The number of esters is 1. The third-order valence-corrected chi connectivity index (χ3v) is 5.45. The molecule has 1 saturated heterocycles. The third-order valence-electron chi connectivity index (χ3n) is 5.45. The van der Waals surface area contributed by atoms with Crippen molar-refractivity contribution in [1.82, 2.24) is 4.90 Å². The maximum Gasteiger partial charge on any atom is 0.573 e. The fourth-order valence-electron chi connectivity index (χ4n) is 3.92. The molecule has 2 aliphatic rings. The summed E-state index contributed by atoms with van der Waals surface area (Å²) in [5.41, 5.74) is 2.29. The van der Waals surface area contributed by atoms with Crippen molar-refractivity contribution in [3.63, 3.8) is 0 Å². The van der Waals surface area contributed by atoms with Crippen LogP contribution in [-0.2, 0) is 16.0 Å². The van der Waals surface area contributed by atoms with Gasteiger partial charge in [-0.15, -0.1) is 13.2 Å². The molecule has 0 radical (unpaired) electrons. The van der Waals surface area contributed by atoms with E-state index in [9.17, 15) is 22.8 Å². The number of piperazine rings is 1. The molecule has 0 unspecified atom stereocenters. The van der Waals surface area contributed by atoms with E-state index in [1.165, 1.54) is 12.1 Å². The van der Waals surface area contributed by atoms with Gasteiger partial charge in [-0.1, -0.05) is 6.07 Å². The summed E-state index contributed by atoms with van der Waals surface area (Å²) in [4.78, 5) is 27.8. The van der Waals surface area contributed by atoms with Crippen molar-refractivity contribution in [1.29, 1.82) is 0 Å². The number of anilines is 2. The van der Waals surface area contributed by atoms with Crippen LogP contribution in [0.1, 0.15) is 12.5 Å². The zero-order valence-electron chi connectivity index (χ0n) is 17.3. The summed E-state index contributed by atoms with van der Waals surface area (Å²) in [7, 11) is 0. The molecule has 1 amide bonds. The number of fused-ring (bicyclic) bond motifs is 1. The fraction of sp³-hybridized carbons (Fsp3) is 0.364. The number of carbonyl (C=O) groups is 2. The number of amides is 1. The van der Waals surface area contributed by atoms with Crippen molar-refractivity contribution in [2.45, 2.75) is 25.7 Å². The number of halogens is 3. The molecule has 4 rings (SSSR count). The van der Waals surface area contributed by atoms with Gasteiger partial charge in [0.15, 0.2) is 0 Å². The predicted molar refractivity (Wildman–Crippen MR) is 111 cm³/mol. The van der Waals surface area contributed by atoms with Gasteiger partial charge >= 0.3 is 12.3 Å². The molecule has 1 atom stereocenters. The average molecular weight is 449 g/mol. The molecule has 7 nitrogen and oxygen atoms in total. The zero-order chi connectivity index (χ0) is 22.9. The fourth-order valence-corrected chi connectivity index (χ4v) is 3.92. The number of nitrogens with zero attached hydrogens (tertiary/aromatic N) is 2. The van der Waals surface area contributed by atoms with Crippen molar-refractivity contribution < 1.29 is 32.2 Å². The monoisotopic (exact) mass is 449 g/mol. The first kappa shape index (κ1) is 21.8. The lowest BCUT2D eigenvalue weighted by molar-refractivity contribution is -0.274. The van der Waals surface area contributed by atoms with Crippen LogP contribution in [0.5, 0.6) is 11.5 Å². The van der Waals surface area contributed by atoms with Crippen LogP contribution in [-0.4, -0.2) is 55.4 Å². The molecule has 1 N–H and O–H groups in total. The second-order valence-electron chi connectivity index (χ2n) is 7.75. The first-order valence-electron chi connectivity index (χ1n) is 10.2. The van der Waals surface area contributed by atoms with Gasteiger partial charge in [-0.25, -0.2) is 0 Å². The van der Waals surface area contributed by atoms with Gasteiger partial charge in [0.2, 0.25) is 5.91 Å². The van der Waals surface area contributed by atoms with Crippen LogP contribution in [0.25, 0.3) is 0 Å². The van der Waals surface area contributed by atoms with E-state index >= 15 is 0 Å². The highest BCUT2D eigenvalue weighted by Gasteiger charge is 2.31. The van der Waals surface area contributed by atoms with Crippen molar-refractivity contribution in [3.05, 3.63) is 48.0 Å². The Bertz CT molecular complexity index is 1010. The molecular formula is C22H22F3N3O4. The van der Waals surface area contributed by atoms with E-state index in [0.717, 1.165) is 11.3 Å². The molecule has 0 saturated carbocycles. The Labute approximate surface area is 182 Å². The van der Waals surface area contributed by atoms with Crippen LogP contribution in [0.15, 0.2) is 42.5 Å². The highest BCUT2D eigenvalue weighted by atomic mass is 19.4. The first-order valence-corrected chi connectivity index (χ1v) is 10.2. The van der Waals surface area contributed by atoms with Crippen molar-refractivity contribution in [3.8, 4) is 11.5 Å². The van der Waals surface area contributed by atoms with Crippen LogP contribution in [0.2, 0.25) is 0 Å². The molecule has 2 aromatic rings. The SMILES string of the molecule is C[C@@H]1CN(C(=O)CNc2ccc3c(c2)OC(=O)C3)CCN1c1ccc(OC(F)(F)F)cc1. The molecule has 0 aromatic heterocycles. The lowest BCUT2D eigenvalue weighted by Crippen LogP contribution is -2.54. The molecule has 170 valence electrons. The lowest BCUT2D eigenvalue weighted by atomic mass is 10.1. The highest BCUT2D eigenvalue weighted by Crippen LogP contribution is 2.29. The molecule has 0 bridgehead atoms. The number of hydrogen-bond donors (Lipinski definition) is 1. The summed E-state index contributed by atoms with van der Waals surface area (Å²) in [6.45, 7) is 3.60. The largest absolute Gasteiger partial charge is 0.573 e. The quantitative estimate of drug-likeness (QED) is 0.559. The summed E-state index contributed by atoms with van der Waals surface area (Å²) in [6, 6.07) is 11.0. The highest BCUT2D eigenvalue weighted by molar-refractivity contribution is 5.83. The normalized spacial score (nSPS) is 18.2. The molecule has 2 heterocycles. The van der Waals surface area contributed by atoms with Crippen LogP contribution in [0.4, 0.5) is 24.5 Å². The van der Waals surface area contributed by atoms with Crippen LogP contribution in [0, 0.1) is 0 Å². The van der Waals surface area contributed by atoms with Gasteiger partial charge in [-0.05, 0) is 37.3 Å². The minimum atomic E-state index is -4.72. The Morgan fingerprint density at radius 2 is 1.94 bits per heavy atom. The number of ether oxygens (including phenoxy) is 2. The Morgan fingerprint density at radius 1 is 1.19 bits per heavy atom. The Kier molecular flexibility index (Phi) is 5.86. The van der Waals surface area contributed by atoms with E-state index in [-0.39, 0.29) is 36.6 Å². The molecule has 32 heavy (non-hydrogen) atoms. The first-order chi connectivity index (χ1) is 15.2. The second kappa shape index (κ2) is 8.60. The standard InChI is InChI=1S/C22H22F3N3O4/c1-14-13-27(8-9-28(14)17-4-6-18(7-5-17)32-22(23,24)25)20(29)12-26-16-3-2-15-10-21(30)31-19(15)11-16/h2-7,11,14,26H,8-10,12-13H2,1H3/t14-/m1/s1. The average Bonchev–Trinajstić information content (AvgIpc) is 3.11. The maximum atomic E-state index is 12.7. The smallest absolute Gasteiger partial charge is 0.426 e. The molecule has 10 heteroatoms. The van der Waals surface area contributed by atoms with Gasteiger partial charge in [0.05, 0.1) is 13.0 Å². The van der Waals surface area contributed by atoms with Gasteiger partial charge < -0.3 is 24.6 Å². The van der Waals surface area contributed by atoms with E-state index in [2.05, 4.69) is 10.1 Å². The van der Waals surface area contributed by atoms with Gasteiger partial charge in [0.1, 0.15) is 11.5 Å². The second-order valence-corrected chi connectivity index (χ2v) is 7.75. The third kappa shape index (κ3) is 5.06. The van der Waals surface area contributed by atoms with Crippen LogP contribution >= 0.6 is 0 Å². The topological polar surface area (TPSA) is 71.1 Å². The van der Waals surface area contributed by atoms with Gasteiger partial charge in [-0.2, -0.15) is 0 Å². The van der Waals surface area contributed by atoms with E-state index in [1.807, 2.05) is 11.8 Å². The molecule has 2 aromatic carbocycles. The summed E-state index contributed by atoms with van der Waals surface area (Å²) in [5.74, 6) is -0.109. The Morgan fingerprint density at radius 3 is 2.62 bits per heavy atom. The molecular weight excluding hydrogens is 427 g/mol. The summed E-state index contributed by atoms with van der Waals surface area (Å²) in [6.07, 6.45) is -4.46. The Balaban J connectivity index is 1.30. The van der Waals surface area contributed by atoms with Crippen molar-refractivity contribution in [2.75, 3.05) is 36.4 Å². The maximum absolute atomic E-state index is 12.7. The van der Waals surface area contributed by atoms with Gasteiger partial charge in [-0.3, -0.25) is 9.59 Å². The zero-order valence-corrected chi connectivity index (χ0v) is 17.3. The van der Waals surface area contributed by atoms with E-state index in [4.69, 9.17) is 4.74 Å². The minimum absolute atomic E-state index is 0.0125. The number of benzene rings is 2.